The van der Waals surface area contributed by atoms with E-state index in [0.717, 1.165) is 12.8 Å². The number of amides is 1. The first-order valence-electron chi connectivity index (χ1n) is 4.96. The Kier molecular flexibility index (Phi) is 6.16. The molecule has 0 aromatic rings. The average Bonchev–Trinajstić information content (AvgIpc) is 2.00. The Labute approximate surface area is 94.7 Å². The second-order valence-corrected chi connectivity index (χ2v) is 5.52. The van der Waals surface area contributed by atoms with E-state index in [0.29, 0.717) is 11.4 Å². The summed E-state index contributed by atoms with van der Waals surface area (Å²) in [5, 5.41) is 2.71. The molecule has 0 rings (SSSR count). The quantitative estimate of drug-likeness (QED) is 0.794. The molecule has 84 valence electrons. The topological polar surface area (TPSA) is 38.3 Å². The molecule has 0 aliphatic heterocycles. The van der Waals surface area contributed by atoms with E-state index in [9.17, 15) is 4.79 Å². The monoisotopic (exact) mass is 265 g/mol. The Morgan fingerprint density at radius 1 is 1.50 bits per heavy atom. The van der Waals surface area contributed by atoms with Crippen molar-refractivity contribution >= 4 is 22.0 Å². The first-order chi connectivity index (χ1) is 6.35. The number of carbonyl (C=O) groups is 1. The van der Waals surface area contributed by atoms with Gasteiger partial charge in [0, 0.05) is 11.4 Å². The molecule has 0 aliphatic carbocycles. The molecule has 0 saturated heterocycles. The molecule has 1 unspecified atom stereocenters. The van der Waals surface area contributed by atoms with Crippen LogP contribution in [-0.4, -0.2) is 23.1 Å². The maximum atomic E-state index is 11.2. The zero-order valence-corrected chi connectivity index (χ0v) is 11.0. The van der Waals surface area contributed by atoms with Gasteiger partial charge in [-0.3, -0.25) is 0 Å². The van der Waals surface area contributed by atoms with E-state index in [1.165, 1.54) is 0 Å². The van der Waals surface area contributed by atoms with Crippen molar-refractivity contribution in [3.05, 3.63) is 0 Å². The Morgan fingerprint density at radius 3 is 2.50 bits per heavy atom. The lowest BCUT2D eigenvalue weighted by Crippen LogP contribution is -2.33. The van der Waals surface area contributed by atoms with Gasteiger partial charge in [0.1, 0.15) is 5.60 Å². The third-order valence-corrected chi connectivity index (χ3v) is 2.67. The molecule has 14 heavy (non-hydrogen) atoms. The number of rotatable bonds is 4. The highest BCUT2D eigenvalue weighted by Gasteiger charge is 2.15. The summed E-state index contributed by atoms with van der Waals surface area (Å²) in [6.45, 7) is 8.31. The summed E-state index contributed by atoms with van der Waals surface area (Å²) in [5.41, 5.74) is -0.414. The van der Waals surface area contributed by atoms with E-state index in [1.807, 2.05) is 20.8 Å². The van der Waals surface area contributed by atoms with Crippen molar-refractivity contribution in [1.82, 2.24) is 5.32 Å². The molecule has 1 N–H and O–H groups in total. The summed E-state index contributed by atoms with van der Waals surface area (Å²) in [6.07, 6.45) is 1.65. The second kappa shape index (κ2) is 6.27. The predicted octanol–water partition coefficient (Wildman–Crippen LogP) is 3.07. The molecular weight excluding hydrogens is 246 g/mol. The van der Waals surface area contributed by atoms with Gasteiger partial charge in [-0.15, -0.1) is 0 Å². The van der Waals surface area contributed by atoms with Crippen molar-refractivity contribution < 1.29 is 9.53 Å². The molecule has 0 saturated carbocycles. The molecular formula is C10H20BrNO2. The maximum absolute atomic E-state index is 11.2. The van der Waals surface area contributed by atoms with Crippen molar-refractivity contribution in [3.8, 4) is 0 Å². The van der Waals surface area contributed by atoms with Crippen molar-refractivity contribution in [2.45, 2.75) is 51.0 Å². The van der Waals surface area contributed by atoms with E-state index in [-0.39, 0.29) is 6.09 Å². The van der Waals surface area contributed by atoms with Gasteiger partial charge >= 0.3 is 6.09 Å². The summed E-state index contributed by atoms with van der Waals surface area (Å²) >= 11 is 3.50. The van der Waals surface area contributed by atoms with Gasteiger partial charge in [0.25, 0.3) is 0 Å². The van der Waals surface area contributed by atoms with Crippen LogP contribution in [0.5, 0.6) is 0 Å². The van der Waals surface area contributed by atoms with Gasteiger partial charge in [-0.2, -0.15) is 0 Å². The third kappa shape index (κ3) is 8.35. The Bertz CT molecular complexity index is 177. The van der Waals surface area contributed by atoms with Crippen LogP contribution in [-0.2, 0) is 4.74 Å². The number of alkyl halides is 1. The second-order valence-electron chi connectivity index (χ2n) is 4.22. The molecule has 0 radical (unpaired) electrons. The van der Waals surface area contributed by atoms with E-state index in [4.69, 9.17) is 4.74 Å². The van der Waals surface area contributed by atoms with Gasteiger partial charge in [-0.05, 0) is 33.6 Å². The number of carbonyl (C=O) groups excluding carboxylic acids is 1. The molecule has 0 fully saturated rings. The molecule has 0 spiro atoms. The summed E-state index contributed by atoms with van der Waals surface area (Å²) in [5.74, 6) is 0. The summed E-state index contributed by atoms with van der Waals surface area (Å²) in [7, 11) is 0. The minimum atomic E-state index is -0.414. The van der Waals surface area contributed by atoms with Gasteiger partial charge in [0.05, 0.1) is 0 Å². The average molecular weight is 266 g/mol. The fourth-order valence-electron chi connectivity index (χ4n) is 0.849. The van der Waals surface area contributed by atoms with Crippen LogP contribution in [0.2, 0.25) is 0 Å². The smallest absolute Gasteiger partial charge is 0.407 e. The molecule has 0 aliphatic rings. The van der Waals surface area contributed by atoms with Crippen LogP contribution in [0.1, 0.15) is 40.5 Å². The van der Waals surface area contributed by atoms with Crippen LogP contribution in [0.4, 0.5) is 4.79 Å². The lowest BCUT2D eigenvalue weighted by Gasteiger charge is -2.19. The molecule has 1 atom stereocenters. The van der Waals surface area contributed by atoms with Gasteiger partial charge in [0.15, 0.2) is 0 Å². The highest BCUT2D eigenvalue weighted by Crippen LogP contribution is 2.09. The first-order valence-corrected chi connectivity index (χ1v) is 5.87. The zero-order valence-electron chi connectivity index (χ0n) is 9.39. The molecule has 1 amide bonds. The number of ether oxygens (including phenoxy) is 1. The Balaban J connectivity index is 3.55. The number of hydrogen-bond donors (Lipinski definition) is 1. The highest BCUT2D eigenvalue weighted by atomic mass is 79.9. The molecule has 0 aromatic heterocycles. The Hall–Kier alpha value is -0.250. The lowest BCUT2D eigenvalue weighted by atomic mass is 10.2. The minimum absolute atomic E-state index is 0.340. The molecule has 0 bridgehead atoms. The first kappa shape index (κ1) is 13.8. The van der Waals surface area contributed by atoms with E-state index >= 15 is 0 Å². The standard InChI is InChI=1S/C10H20BrNO2/c1-5-8(11)6-7-12-9(13)14-10(2,3)4/h8H,5-7H2,1-4H3,(H,12,13). The fourth-order valence-corrected chi connectivity index (χ4v) is 1.08. The van der Waals surface area contributed by atoms with Crippen LogP contribution in [0.3, 0.4) is 0 Å². The number of nitrogens with one attached hydrogen (secondary N) is 1. The number of alkyl carbamates (subject to hydrolysis) is 1. The van der Waals surface area contributed by atoms with E-state index in [2.05, 4.69) is 28.2 Å². The molecule has 4 heteroatoms. The number of hydrogen-bond acceptors (Lipinski definition) is 2. The van der Waals surface area contributed by atoms with Crippen molar-refractivity contribution in [1.29, 1.82) is 0 Å². The van der Waals surface area contributed by atoms with Crippen LogP contribution < -0.4 is 5.32 Å². The SMILES string of the molecule is CCC(Br)CCNC(=O)OC(C)(C)C. The maximum Gasteiger partial charge on any atom is 0.407 e. The van der Waals surface area contributed by atoms with Crippen molar-refractivity contribution in [2.24, 2.45) is 0 Å². The van der Waals surface area contributed by atoms with Gasteiger partial charge < -0.3 is 10.1 Å². The number of halogens is 1. The molecule has 0 heterocycles. The van der Waals surface area contributed by atoms with Crippen molar-refractivity contribution in [3.63, 3.8) is 0 Å². The van der Waals surface area contributed by atoms with Gasteiger partial charge in [-0.1, -0.05) is 22.9 Å². The van der Waals surface area contributed by atoms with Gasteiger partial charge in [0.2, 0.25) is 0 Å². The van der Waals surface area contributed by atoms with E-state index < -0.39 is 5.60 Å². The largest absolute Gasteiger partial charge is 0.444 e. The zero-order chi connectivity index (χ0) is 11.2. The van der Waals surface area contributed by atoms with E-state index in [1.54, 1.807) is 0 Å². The lowest BCUT2D eigenvalue weighted by molar-refractivity contribution is 0.0527. The summed E-state index contributed by atoms with van der Waals surface area (Å²) < 4.78 is 5.09. The third-order valence-electron chi connectivity index (χ3n) is 1.57. The molecule has 0 aromatic carbocycles. The Morgan fingerprint density at radius 2 is 2.07 bits per heavy atom. The minimum Gasteiger partial charge on any atom is -0.444 e. The normalized spacial score (nSPS) is 13.5. The van der Waals surface area contributed by atoms with Crippen LogP contribution >= 0.6 is 15.9 Å². The predicted molar refractivity (Wildman–Crippen MR) is 61.9 cm³/mol. The highest BCUT2D eigenvalue weighted by molar-refractivity contribution is 9.09. The van der Waals surface area contributed by atoms with Crippen LogP contribution in [0, 0.1) is 0 Å². The van der Waals surface area contributed by atoms with Crippen LogP contribution in [0.25, 0.3) is 0 Å². The van der Waals surface area contributed by atoms with Gasteiger partial charge in [-0.25, -0.2) is 4.79 Å². The van der Waals surface area contributed by atoms with Crippen molar-refractivity contribution in [2.75, 3.05) is 6.54 Å². The fraction of sp³-hybridized carbons (Fsp3) is 0.900. The molecule has 3 nitrogen and oxygen atoms in total. The summed E-state index contributed by atoms with van der Waals surface area (Å²) in [6, 6.07) is 0. The van der Waals surface area contributed by atoms with Crippen LogP contribution in [0.15, 0.2) is 0 Å². The summed E-state index contributed by atoms with van der Waals surface area (Å²) in [4.78, 5) is 11.6.